The molecule has 1 unspecified atom stereocenters. The molecular formula is C13H16O4. The zero-order valence-electron chi connectivity index (χ0n) is 10.1. The fourth-order valence-corrected chi connectivity index (χ4v) is 1.29. The van der Waals surface area contributed by atoms with Crippen molar-refractivity contribution in [3.8, 4) is 5.75 Å². The molecule has 4 nitrogen and oxygen atoms in total. The maximum atomic E-state index is 11.7. The van der Waals surface area contributed by atoms with Crippen LogP contribution in [0, 0.1) is 5.92 Å². The molecule has 4 heteroatoms. The Morgan fingerprint density at radius 3 is 2.06 bits per heavy atom. The molecule has 0 aliphatic rings. The second kappa shape index (κ2) is 5.48. The molecule has 1 aromatic carbocycles. The first-order chi connectivity index (χ1) is 7.91. The number of carbonyl (C=O) groups is 2. The Balaban J connectivity index is 2.75. The van der Waals surface area contributed by atoms with Crippen LogP contribution in [0.2, 0.25) is 0 Å². The van der Waals surface area contributed by atoms with Gasteiger partial charge in [0.05, 0.1) is 0 Å². The summed E-state index contributed by atoms with van der Waals surface area (Å²) in [5.41, 5.74) is 0.607. The van der Waals surface area contributed by atoms with Crippen molar-refractivity contribution in [2.45, 2.75) is 26.9 Å². The highest BCUT2D eigenvalue weighted by Crippen LogP contribution is 2.16. The minimum absolute atomic E-state index is 0.0558. The van der Waals surface area contributed by atoms with E-state index in [1.54, 1.807) is 24.3 Å². The number of carboxylic acids is 1. The van der Waals surface area contributed by atoms with Gasteiger partial charge in [0.2, 0.25) is 0 Å². The first kappa shape index (κ1) is 13.2. The first-order valence-corrected chi connectivity index (χ1v) is 5.45. The van der Waals surface area contributed by atoms with Crippen LogP contribution >= 0.6 is 0 Å². The summed E-state index contributed by atoms with van der Waals surface area (Å²) in [6.07, 6.45) is -0.901. The molecule has 92 valence electrons. The maximum Gasteiger partial charge on any atom is 0.344 e. The maximum absolute atomic E-state index is 11.7. The number of ether oxygens (including phenoxy) is 1. The molecule has 0 aromatic heterocycles. The standard InChI is InChI=1S/C13H16O4/c1-8(2)12(14)10-4-6-11(7-5-10)17-9(3)13(15)16/h4-9H,1-3H3,(H,15,16). The summed E-state index contributed by atoms with van der Waals surface area (Å²) in [6, 6.07) is 6.50. The monoisotopic (exact) mass is 236 g/mol. The molecule has 1 rings (SSSR count). The van der Waals surface area contributed by atoms with Gasteiger partial charge in [0.15, 0.2) is 11.9 Å². The van der Waals surface area contributed by atoms with Gasteiger partial charge in [-0.3, -0.25) is 4.79 Å². The molecule has 0 saturated carbocycles. The third-order valence-electron chi connectivity index (χ3n) is 2.32. The third-order valence-corrected chi connectivity index (χ3v) is 2.32. The van der Waals surface area contributed by atoms with Crippen LogP contribution in [-0.4, -0.2) is 23.0 Å². The minimum atomic E-state index is -1.02. The second-order valence-corrected chi connectivity index (χ2v) is 4.14. The molecule has 0 aliphatic carbocycles. The van der Waals surface area contributed by atoms with Crippen molar-refractivity contribution in [1.82, 2.24) is 0 Å². The van der Waals surface area contributed by atoms with Gasteiger partial charge in [0.1, 0.15) is 5.75 Å². The van der Waals surface area contributed by atoms with Crippen LogP contribution in [0.15, 0.2) is 24.3 Å². The Hall–Kier alpha value is -1.84. The molecule has 0 heterocycles. The van der Waals surface area contributed by atoms with Gasteiger partial charge in [0.25, 0.3) is 0 Å². The van der Waals surface area contributed by atoms with Crippen molar-refractivity contribution in [3.05, 3.63) is 29.8 Å². The molecule has 0 spiro atoms. The number of rotatable bonds is 5. The zero-order chi connectivity index (χ0) is 13.0. The summed E-state index contributed by atoms with van der Waals surface area (Å²) >= 11 is 0. The third kappa shape index (κ3) is 3.59. The molecule has 0 fully saturated rings. The van der Waals surface area contributed by atoms with E-state index in [1.165, 1.54) is 6.92 Å². The summed E-state index contributed by atoms with van der Waals surface area (Å²) in [5, 5.41) is 8.68. The fraction of sp³-hybridized carbons (Fsp3) is 0.385. The average Bonchev–Trinajstić information content (AvgIpc) is 2.28. The lowest BCUT2D eigenvalue weighted by atomic mass is 10.0. The average molecular weight is 236 g/mol. The molecule has 1 aromatic rings. The van der Waals surface area contributed by atoms with Crippen LogP contribution < -0.4 is 4.74 Å². The van der Waals surface area contributed by atoms with E-state index in [1.807, 2.05) is 13.8 Å². The summed E-state index contributed by atoms with van der Waals surface area (Å²) < 4.78 is 5.16. The number of carboxylic acid groups (broad SMARTS) is 1. The van der Waals surface area contributed by atoms with E-state index in [4.69, 9.17) is 9.84 Å². The highest BCUT2D eigenvalue weighted by Gasteiger charge is 2.13. The van der Waals surface area contributed by atoms with Crippen molar-refractivity contribution in [2.75, 3.05) is 0 Å². The van der Waals surface area contributed by atoms with Crippen LogP contribution in [-0.2, 0) is 4.79 Å². The number of ketones is 1. The second-order valence-electron chi connectivity index (χ2n) is 4.14. The number of hydrogen-bond donors (Lipinski definition) is 1. The summed E-state index contributed by atoms with van der Waals surface area (Å²) in [7, 11) is 0. The van der Waals surface area contributed by atoms with Crippen LogP contribution in [0.4, 0.5) is 0 Å². The van der Waals surface area contributed by atoms with Crippen LogP contribution in [0.5, 0.6) is 5.75 Å². The Kier molecular flexibility index (Phi) is 4.26. The van der Waals surface area contributed by atoms with Gasteiger partial charge in [-0.1, -0.05) is 13.8 Å². The normalized spacial score (nSPS) is 12.2. The lowest BCUT2D eigenvalue weighted by molar-refractivity contribution is -0.144. The number of carbonyl (C=O) groups excluding carboxylic acids is 1. The predicted octanol–water partition coefficient (Wildman–Crippen LogP) is 2.38. The summed E-state index contributed by atoms with van der Waals surface area (Å²) in [6.45, 7) is 5.12. The zero-order valence-corrected chi connectivity index (χ0v) is 10.1. The van der Waals surface area contributed by atoms with Crippen LogP contribution in [0.3, 0.4) is 0 Å². The van der Waals surface area contributed by atoms with Gasteiger partial charge in [0, 0.05) is 11.5 Å². The topological polar surface area (TPSA) is 63.6 Å². The Bertz CT molecular complexity index is 406. The van der Waals surface area contributed by atoms with E-state index in [9.17, 15) is 9.59 Å². The Morgan fingerprint density at radius 2 is 1.65 bits per heavy atom. The number of aliphatic carboxylic acids is 1. The molecule has 0 aliphatic heterocycles. The highest BCUT2D eigenvalue weighted by molar-refractivity contribution is 5.97. The fourth-order valence-electron chi connectivity index (χ4n) is 1.29. The van der Waals surface area contributed by atoms with Crippen molar-refractivity contribution in [1.29, 1.82) is 0 Å². The molecular weight excluding hydrogens is 220 g/mol. The Morgan fingerprint density at radius 1 is 1.12 bits per heavy atom. The minimum Gasteiger partial charge on any atom is -0.479 e. The first-order valence-electron chi connectivity index (χ1n) is 5.45. The number of hydrogen-bond acceptors (Lipinski definition) is 3. The van der Waals surface area contributed by atoms with E-state index in [-0.39, 0.29) is 11.7 Å². The SMILES string of the molecule is CC(C)C(=O)c1ccc(OC(C)C(=O)O)cc1. The van der Waals surface area contributed by atoms with Gasteiger partial charge >= 0.3 is 5.97 Å². The summed E-state index contributed by atoms with van der Waals surface area (Å²) in [5.74, 6) is -0.574. The predicted molar refractivity (Wildman–Crippen MR) is 63.3 cm³/mol. The van der Waals surface area contributed by atoms with E-state index in [2.05, 4.69) is 0 Å². The van der Waals surface area contributed by atoms with Crippen molar-refractivity contribution in [2.24, 2.45) is 5.92 Å². The number of benzene rings is 1. The van der Waals surface area contributed by atoms with Gasteiger partial charge in [-0.15, -0.1) is 0 Å². The van der Waals surface area contributed by atoms with Crippen LogP contribution in [0.1, 0.15) is 31.1 Å². The molecule has 17 heavy (non-hydrogen) atoms. The van der Waals surface area contributed by atoms with Gasteiger partial charge in [-0.25, -0.2) is 4.79 Å². The quantitative estimate of drug-likeness (QED) is 0.797. The van der Waals surface area contributed by atoms with Gasteiger partial charge in [-0.05, 0) is 31.2 Å². The molecule has 1 N–H and O–H groups in total. The largest absolute Gasteiger partial charge is 0.479 e. The summed E-state index contributed by atoms with van der Waals surface area (Å²) in [4.78, 5) is 22.2. The lowest BCUT2D eigenvalue weighted by Gasteiger charge is -2.11. The van der Waals surface area contributed by atoms with E-state index >= 15 is 0 Å². The van der Waals surface area contributed by atoms with Crippen molar-refractivity contribution < 1.29 is 19.4 Å². The van der Waals surface area contributed by atoms with Crippen molar-refractivity contribution >= 4 is 11.8 Å². The van der Waals surface area contributed by atoms with E-state index in [0.29, 0.717) is 11.3 Å². The van der Waals surface area contributed by atoms with Gasteiger partial charge in [-0.2, -0.15) is 0 Å². The van der Waals surface area contributed by atoms with E-state index < -0.39 is 12.1 Å². The number of Topliss-reactive ketones (excluding diaryl/α,β-unsaturated/α-hetero) is 1. The van der Waals surface area contributed by atoms with Crippen LogP contribution in [0.25, 0.3) is 0 Å². The molecule has 0 amide bonds. The van der Waals surface area contributed by atoms with Crippen molar-refractivity contribution in [3.63, 3.8) is 0 Å². The molecule has 0 saturated heterocycles. The Labute approximate surface area is 100 Å². The van der Waals surface area contributed by atoms with Gasteiger partial charge < -0.3 is 9.84 Å². The highest BCUT2D eigenvalue weighted by atomic mass is 16.5. The smallest absolute Gasteiger partial charge is 0.344 e. The van der Waals surface area contributed by atoms with E-state index in [0.717, 1.165) is 0 Å². The molecule has 0 bridgehead atoms. The molecule has 1 atom stereocenters. The molecule has 0 radical (unpaired) electrons. The lowest BCUT2D eigenvalue weighted by Crippen LogP contribution is -2.22.